The highest BCUT2D eigenvalue weighted by molar-refractivity contribution is 5.76. The Morgan fingerprint density at radius 1 is 0.636 bits per heavy atom. The molecule has 0 saturated heterocycles. The Hall–Kier alpha value is -1.43. The molecule has 0 fully saturated rings. The Kier molecular flexibility index (Phi) is 30.5. The molecule has 260 valence electrons. The summed E-state index contributed by atoms with van der Waals surface area (Å²) in [6.07, 6.45) is 27.5. The zero-order chi connectivity index (χ0) is 32.7. The van der Waals surface area contributed by atoms with Gasteiger partial charge in [0.05, 0.1) is 6.61 Å². The van der Waals surface area contributed by atoms with E-state index in [1.54, 1.807) is 0 Å². The van der Waals surface area contributed by atoms with Crippen LogP contribution in [-0.2, 0) is 19.1 Å². The van der Waals surface area contributed by atoms with Gasteiger partial charge in [-0.3, -0.25) is 9.59 Å². The van der Waals surface area contributed by atoms with Gasteiger partial charge in [-0.05, 0) is 71.5 Å². The summed E-state index contributed by atoms with van der Waals surface area (Å²) in [4.78, 5) is 41.1. The van der Waals surface area contributed by atoms with Gasteiger partial charge in [-0.25, -0.2) is 0 Å². The van der Waals surface area contributed by atoms with E-state index in [9.17, 15) is 14.4 Å². The third-order valence-corrected chi connectivity index (χ3v) is 9.06. The fourth-order valence-electron chi connectivity index (χ4n) is 6.06. The van der Waals surface area contributed by atoms with Crippen LogP contribution < -0.4 is 0 Å². The highest BCUT2D eigenvalue weighted by Crippen LogP contribution is 2.21. The first kappa shape index (κ1) is 42.6. The Bertz CT molecular complexity index is 669. The second-order valence-electron chi connectivity index (χ2n) is 13.5. The number of rotatable bonds is 33. The number of aldehydes is 1. The average Bonchev–Trinajstić information content (AvgIpc) is 3.01. The van der Waals surface area contributed by atoms with E-state index in [1.807, 2.05) is 0 Å². The predicted molar refractivity (Wildman–Crippen MR) is 187 cm³/mol. The molecule has 2 unspecified atom stereocenters. The van der Waals surface area contributed by atoms with Crippen LogP contribution in [0.5, 0.6) is 0 Å². The molecule has 0 aliphatic heterocycles. The number of unbranched alkanes of at least 4 members (excludes halogenated alkanes) is 14. The molecular formula is C38H74N2O4. The number of nitrogens with zero attached hydrogens (tertiary/aromatic N) is 2. The van der Waals surface area contributed by atoms with E-state index in [0.29, 0.717) is 37.7 Å². The highest BCUT2D eigenvalue weighted by atomic mass is 16.5. The van der Waals surface area contributed by atoms with Crippen LogP contribution in [0.15, 0.2) is 0 Å². The van der Waals surface area contributed by atoms with Gasteiger partial charge in [-0.15, -0.1) is 0 Å². The summed E-state index contributed by atoms with van der Waals surface area (Å²) < 4.78 is 5.66. The maximum atomic E-state index is 13.6. The van der Waals surface area contributed by atoms with Crippen molar-refractivity contribution in [3.8, 4) is 0 Å². The zero-order valence-electron chi connectivity index (χ0n) is 30.1. The van der Waals surface area contributed by atoms with Crippen molar-refractivity contribution >= 4 is 18.2 Å². The van der Waals surface area contributed by atoms with Gasteiger partial charge in [0.25, 0.3) is 0 Å². The second-order valence-corrected chi connectivity index (χ2v) is 13.5. The van der Waals surface area contributed by atoms with Crippen LogP contribution in [0.25, 0.3) is 0 Å². The Labute approximate surface area is 273 Å². The van der Waals surface area contributed by atoms with E-state index in [4.69, 9.17) is 4.74 Å². The Balaban J connectivity index is 4.91. The summed E-state index contributed by atoms with van der Waals surface area (Å²) in [5.41, 5.74) is 0. The molecule has 2 atom stereocenters. The molecule has 0 rings (SSSR count). The smallest absolute Gasteiger partial charge is 0.305 e. The molecular weight excluding hydrogens is 548 g/mol. The van der Waals surface area contributed by atoms with Gasteiger partial charge in [-0.1, -0.05) is 117 Å². The van der Waals surface area contributed by atoms with Gasteiger partial charge in [0, 0.05) is 31.8 Å². The fourth-order valence-corrected chi connectivity index (χ4v) is 6.06. The summed E-state index contributed by atoms with van der Waals surface area (Å²) >= 11 is 0. The van der Waals surface area contributed by atoms with Gasteiger partial charge >= 0.3 is 5.97 Å². The predicted octanol–water partition coefficient (Wildman–Crippen LogP) is 9.92. The lowest BCUT2D eigenvalue weighted by atomic mass is 9.98. The van der Waals surface area contributed by atoms with Crippen molar-refractivity contribution in [2.75, 3.05) is 33.8 Å². The number of amides is 1. The van der Waals surface area contributed by atoms with E-state index >= 15 is 0 Å². The summed E-state index contributed by atoms with van der Waals surface area (Å²) in [6.45, 7) is 9.05. The molecule has 6 nitrogen and oxygen atoms in total. The quantitative estimate of drug-likeness (QED) is 0.0414. The largest absolute Gasteiger partial charge is 0.465 e. The third kappa shape index (κ3) is 25.9. The topological polar surface area (TPSA) is 66.9 Å². The molecule has 0 aromatic heterocycles. The number of hydrogen-bond acceptors (Lipinski definition) is 5. The van der Waals surface area contributed by atoms with Crippen molar-refractivity contribution in [3.05, 3.63) is 0 Å². The lowest BCUT2D eigenvalue weighted by molar-refractivity contribution is -0.145. The molecule has 0 aliphatic carbocycles. The van der Waals surface area contributed by atoms with Crippen LogP contribution in [0.1, 0.15) is 181 Å². The van der Waals surface area contributed by atoms with Crippen LogP contribution in [-0.4, -0.2) is 67.8 Å². The van der Waals surface area contributed by atoms with E-state index in [2.05, 4.69) is 44.7 Å². The number of ether oxygens (including phenoxy) is 1. The van der Waals surface area contributed by atoms with Gasteiger partial charge < -0.3 is 19.3 Å². The van der Waals surface area contributed by atoms with Crippen molar-refractivity contribution in [3.63, 3.8) is 0 Å². The van der Waals surface area contributed by atoms with Crippen molar-refractivity contribution in [2.24, 2.45) is 5.92 Å². The van der Waals surface area contributed by atoms with Crippen LogP contribution in [0.2, 0.25) is 0 Å². The number of carbonyl (C=O) groups is 3. The minimum Gasteiger partial charge on any atom is -0.465 e. The normalized spacial score (nSPS) is 12.8. The minimum absolute atomic E-state index is 0.0525. The molecule has 0 saturated carbocycles. The minimum atomic E-state index is -0.0525. The molecule has 0 N–H and O–H groups in total. The number of carbonyl (C=O) groups excluding carboxylic acids is 3. The lowest BCUT2D eigenvalue weighted by Crippen LogP contribution is -2.41. The molecule has 0 aromatic rings. The van der Waals surface area contributed by atoms with Crippen LogP contribution >= 0.6 is 0 Å². The molecule has 0 heterocycles. The number of esters is 1. The van der Waals surface area contributed by atoms with Gasteiger partial charge in [0.1, 0.15) is 6.29 Å². The van der Waals surface area contributed by atoms with Crippen molar-refractivity contribution in [1.29, 1.82) is 0 Å². The SMILES string of the molecule is CCCCCCCCC(=O)N(CCCN(C)C)C(CCCCCCC=O)CCCCCC(=O)OCC(CC)CCCCCC. The third-order valence-electron chi connectivity index (χ3n) is 9.06. The van der Waals surface area contributed by atoms with Crippen molar-refractivity contribution < 1.29 is 19.1 Å². The number of hydrogen-bond donors (Lipinski definition) is 0. The van der Waals surface area contributed by atoms with E-state index in [-0.39, 0.29) is 12.0 Å². The molecule has 0 aromatic carbocycles. The van der Waals surface area contributed by atoms with Crippen LogP contribution in [0, 0.1) is 5.92 Å². The Morgan fingerprint density at radius 2 is 1.18 bits per heavy atom. The second kappa shape index (κ2) is 31.5. The highest BCUT2D eigenvalue weighted by Gasteiger charge is 2.23. The monoisotopic (exact) mass is 623 g/mol. The first-order chi connectivity index (χ1) is 21.4. The van der Waals surface area contributed by atoms with E-state index in [0.717, 1.165) is 109 Å². The summed E-state index contributed by atoms with van der Waals surface area (Å²) in [5.74, 6) is 0.764. The maximum absolute atomic E-state index is 13.6. The molecule has 0 radical (unpaired) electrons. The van der Waals surface area contributed by atoms with Crippen LogP contribution in [0.4, 0.5) is 0 Å². The standard InChI is InChI=1S/C38H74N2O4/c1-6-9-11-13-16-22-29-37(42)40(32-25-31-39(4)5)36(27-20-15-14-17-24-33-41)28-21-18-23-30-38(43)44-34-35(8-3)26-19-12-10-7-2/h33,35-36H,6-32,34H2,1-5H3. The molecule has 0 spiro atoms. The van der Waals surface area contributed by atoms with E-state index in [1.165, 1.54) is 51.4 Å². The molecule has 1 amide bonds. The Morgan fingerprint density at radius 3 is 1.82 bits per heavy atom. The summed E-state index contributed by atoms with van der Waals surface area (Å²) in [5, 5.41) is 0. The lowest BCUT2D eigenvalue weighted by Gasteiger charge is -2.33. The maximum Gasteiger partial charge on any atom is 0.305 e. The zero-order valence-corrected chi connectivity index (χ0v) is 30.1. The fraction of sp³-hybridized carbons (Fsp3) is 0.921. The summed E-state index contributed by atoms with van der Waals surface area (Å²) in [7, 11) is 4.20. The van der Waals surface area contributed by atoms with Gasteiger partial charge in [0.2, 0.25) is 5.91 Å². The molecule has 0 bridgehead atoms. The first-order valence-corrected chi connectivity index (χ1v) is 18.9. The van der Waals surface area contributed by atoms with Gasteiger partial charge in [-0.2, -0.15) is 0 Å². The first-order valence-electron chi connectivity index (χ1n) is 18.9. The van der Waals surface area contributed by atoms with Crippen molar-refractivity contribution in [1.82, 2.24) is 9.80 Å². The van der Waals surface area contributed by atoms with Gasteiger partial charge in [0.15, 0.2) is 0 Å². The van der Waals surface area contributed by atoms with Crippen molar-refractivity contribution in [2.45, 2.75) is 187 Å². The average molecular weight is 623 g/mol. The molecule has 44 heavy (non-hydrogen) atoms. The molecule has 6 heteroatoms. The molecule has 0 aliphatic rings. The van der Waals surface area contributed by atoms with Crippen LogP contribution in [0.3, 0.4) is 0 Å². The van der Waals surface area contributed by atoms with E-state index < -0.39 is 0 Å². The summed E-state index contributed by atoms with van der Waals surface area (Å²) in [6, 6.07) is 0.265.